The Morgan fingerprint density at radius 2 is 2.00 bits per heavy atom. The summed E-state index contributed by atoms with van der Waals surface area (Å²) in [6.07, 6.45) is 5.98. The molecule has 31 heavy (non-hydrogen) atoms. The van der Waals surface area contributed by atoms with E-state index in [0.29, 0.717) is 48.0 Å². The maximum atomic E-state index is 13.3. The van der Waals surface area contributed by atoms with E-state index in [1.165, 1.54) is 19.0 Å². The minimum atomic E-state index is -2.97. The van der Waals surface area contributed by atoms with Crippen LogP contribution in [0, 0.1) is 11.8 Å². The van der Waals surface area contributed by atoms with Crippen molar-refractivity contribution < 1.29 is 23.1 Å². The Bertz CT molecular complexity index is 856. The zero-order valence-electron chi connectivity index (χ0n) is 17.3. The van der Waals surface area contributed by atoms with Gasteiger partial charge in [-0.1, -0.05) is 4.85 Å². The molecule has 0 radical (unpaired) electrons. The summed E-state index contributed by atoms with van der Waals surface area (Å²) in [6.45, 7) is 1.51. The van der Waals surface area contributed by atoms with Gasteiger partial charge < -0.3 is 19.8 Å². The molecule has 1 aliphatic carbocycles. The molecule has 1 aromatic heterocycles. The van der Waals surface area contributed by atoms with Crippen molar-refractivity contribution in [2.75, 3.05) is 39.4 Å². The first-order valence-electron chi connectivity index (χ1n) is 10.6. The number of rotatable bonds is 10. The first-order chi connectivity index (χ1) is 14.6. The van der Waals surface area contributed by atoms with Gasteiger partial charge in [0.25, 0.3) is 5.91 Å². The number of nitrogens with one attached hydrogen (secondary N) is 1. The molecule has 0 bridgehead atoms. The van der Waals surface area contributed by atoms with E-state index in [-0.39, 0.29) is 18.3 Å². The number of amides is 1. The summed E-state index contributed by atoms with van der Waals surface area (Å²) in [5.41, 5.74) is 0.903. The van der Waals surface area contributed by atoms with E-state index in [1.807, 2.05) is 4.90 Å². The SMILES string of the molecule is Cl.O=C(c1ccc2c(cnn2OC(F)F)c1)N(CCOCC1CC1)CC1CCNCC1. The van der Waals surface area contributed by atoms with Gasteiger partial charge in [-0.15, -0.1) is 17.5 Å². The molecule has 2 heterocycles. The number of alkyl halides is 2. The highest BCUT2D eigenvalue weighted by Crippen LogP contribution is 2.28. The van der Waals surface area contributed by atoms with Crippen LogP contribution in [0.5, 0.6) is 0 Å². The second-order valence-corrected chi connectivity index (χ2v) is 8.12. The lowest BCUT2D eigenvalue weighted by Gasteiger charge is -2.30. The van der Waals surface area contributed by atoms with Gasteiger partial charge in [0.05, 0.1) is 12.8 Å². The zero-order chi connectivity index (χ0) is 20.9. The Morgan fingerprint density at radius 1 is 1.23 bits per heavy atom. The number of hydrogen-bond acceptors (Lipinski definition) is 5. The number of aromatic nitrogens is 2. The molecule has 1 aromatic carbocycles. The topological polar surface area (TPSA) is 68.6 Å². The lowest BCUT2D eigenvalue weighted by atomic mass is 9.97. The third kappa shape index (κ3) is 6.51. The molecule has 0 atom stereocenters. The summed E-state index contributed by atoms with van der Waals surface area (Å²) < 4.78 is 30.8. The molecule has 2 fully saturated rings. The number of piperidine rings is 1. The van der Waals surface area contributed by atoms with Gasteiger partial charge in [0.2, 0.25) is 0 Å². The molecular weight excluding hydrogens is 430 g/mol. The summed E-state index contributed by atoms with van der Waals surface area (Å²) in [4.78, 5) is 20.3. The molecule has 172 valence electrons. The maximum absolute atomic E-state index is 13.3. The van der Waals surface area contributed by atoms with E-state index in [2.05, 4.69) is 15.3 Å². The van der Waals surface area contributed by atoms with E-state index in [0.717, 1.165) is 37.4 Å². The van der Waals surface area contributed by atoms with Crippen molar-refractivity contribution in [3.8, 4) is 0 Å². The van der Waals surface area contributed by atoms with Crippen LogP contribution >= 0.6 is 12.4 Å². The maximum Gasteiger partial charge on any atom is 0.407 e. The molecular formula is C21H29ClF2N4O3. The first-order valence-corrected chi connectivity index (χ1v) is 10.6. The van der Waals surface area contributed by atoms with Gasteiger partial charge >= 0.3 is 6.61 Å². The predicted molar refractivity (Wildman–Crippen MR) is 115 cm³/mol. The summed E-state index contributed by atoms with van der Waals surface area (Å²) in [6, 6.07) is 4.90. The van der Waals surface area contributed by atoms with Crippen molar-refractivity contribution in [3.05, 3.63) is 30.0 Å². The molecule has 1 N–H and O–H groups in total. The lowest BCUT2D eigenvalue weighted by Crippen LogP contribution is -2.41. The quantitative estimate of drug-likeness (QED) is 0.554. The van der Waals surface area contributed by atoms with E-state index in [4.69, 9.17) is 4.74 Å². The van der Waals surface area contributed by atoms with Gasteiger partial charge in [-0.05, 0) is 68.8 Å². The van der Waals surface area contributed by atoms with Crippen molar-refractivity contribution in [3.63, 3.8) is 0 Å². The number of carbonyl (C=O) groups is 1. The molecule has 0 spiro atoms. The largest absolute Gasteiger partial charge is 0.407 e. The average Bonchev–Trinajstić information content (AvgIpc) is 3.50. The lowest BCUT2D eigenvalue weighted by molar-refractivity contribution is -0.139. The summed E-state index contributed by atoms with van der Waals surface area (Å²) in [7, 11) is 0. The number of carbonyl (C=O) groups excluding carboxylic acids is 1. The minimum absolute atomic E-state index is 0. The number of fused-ring (bicyclic) bond motifs is 1. The van der Waals surface area contributed by atoms with Crippen LogP contribution in [0.3, 0.4) is 0 Å². The first kappa shape index (κ1) is 23.7. The van der Waals surface area contributed by atoms with Crippen LogP contribution in [-0.4, -0.2) is 66.8 Å². The van der Waals surface area contributed by atoms with Crippen molar-refractivity contribution in [1.82, 2.24) is 20.2 Å². The summed E-state index contributed by atoms with van der Waals surface area (Å²) in [5, 5.41) is 7.75. The number of benzene rings is 1. The highest BCUT2D eigenvalue weighted by atomic mass is 35.5. The molecule has 2 aliphatic rings. The van der Waals surface area contributed by atoms with Gasteiger partial charge in [-0.2, -0.15) is 8.78 Å². The van der Waals surface area contributed by atoms with Crippen LogP contribution < -0.4 is 10.2 Å². The Morgan fingerprint density at radius 3 is 2.71 bits per heavy atom. The van der Waals surface area contributed by atoms with Crippen LogP contribution in [-0.2, 0) is 4.74 Å². The van der Waals surface area contributed by atoms with E-state index in [9.17, 15) is 13.6 Å². The Kier molecular flexibility index (Phi) is 8.45. The molecule has 0 unspecified atom stereocenters. The fourth-order valence-electron chi connectivity index (χ4n) is 3.85. The molecule has 1 amide bonds. The molecule has 1 saturated carbocycles. The van der Waals surface area contributed by atoms with E-state index < -0.39 is 6.61 Å². The number of halogens is 3. The molecule has 10 heteroatoms. The normalized spacial score (nSPS) is 17.0. The summed E-state index contributed by atoms with van der Waals surface area (Å²) in [5.74, 6) is 1.07. The standard InChI is InChI=1S/C21H28F2N4O3.ClH/c22-21(23)30-27-19-4-3-17(11-18(19)12-25-27)20(28)26(9-10-29-14-16-1-2-16)13-15-5-7-24-8-6-15;/h3-4,11-12,15-16,21,24H,1-2,5-10,13-14H2;1H. The van der Waals surface area contributed by atoms with Gasteiger partial charge in [0.15, 0.2) is 0 Å². The van der Waals surface area contributed by atoms with E-state index in [1.54, 1.807) is 18.2 Å². The fourth-order valence-corrected chi connectivity index (χ4v) is 3.85. The Balaban J connectivity index is 0.00000272. The van der Waals surface area contributed by atoms with Crippen molar-refractivity contribution in [2.24, 2.45) is 11.8 Å². The van der Waals surface area contributed by atoms with Crippen LogP contribution in [0.2, 0.25) is 0 Å². The van der Waals surface area contributed by atoms with Crippen molar-refractivity contribution in [2.45, 2.75) is 32.3 Å². The van der Waals surface area contributed by atoms with Gasteiger partial charge in [0.1, 0.15) is 5.52 Å². The third-order valence-electron chi connectivity index (χ3n) is 5.74. The Hall–Kier alpha value is -1.97. The highest BCUT2D eigenvalue weighted by Gasteiger charge is 2.24. The molecule has 4 rings (SSSR count). The molecule has 2 aromatic rings. The molecule has 1 saturated heterocycles. The second kappa shape index (κ2) is 11.1. The zero-order valence-corrected chi connectivity index (χ0v) is 18.2. The van der Waals surface area contributed by atoms with Crippen LogP contribution in [0.25, 0.3) is 10.9 Å². The average molecular weight is 459 g/mol. The number of nitrogens with zero attached hydrogens (tertiary/aromatic N) is 3. The summed E-state index contributed by atoms with van der Waals surface area (Å²) >= 11 is 0. The van der Waals surface area contributed by atoms with Crippen LogP contribution in [0.4, 0.5) is 8.78 Å². The minimum Gasteiger partial charge on any atom is -0.379 e. The van der Waals surface area contributed by atoms with Crippen LogP contribution in [0.15, 0.2) is 24.4 Å². The highest BCUT2D eigenvalue weighted by molar-refractivity contribution is 5.98. The van der Waals surface area contributed by atoms with Gasteiger partial charge in [-0.3, -0.25) is 4.79 Å². The fraction of sp³-hybridized carbons (Fsp3) is 0.619. The van der Waals surface area contributed by atoms with Crippen molar-refractivity contribution in [1.29, 1.82) is 0 Å². The predicted octanol–water partition coefficient (Wildman–Crippen LogP) is 2.98. The van der Waals surface area contributed by atoms with Gasteiger partial charge in [0, 0.05) is 30.6 Å². The molecule has 7 nitrogen and oxygen atoms in total. The smallest absolute Gasteiger partial charge is 0.379 e. The number of ether oxygens (including phenoxy) is 1. The second-order valence-electron chi connectivity index (χ2n) is 8.12. The van der Waals surface area contributed by atoms with Crippen molar-refractivity contribution >= 4 is 29.2 Å². The number of hydrogen-bond donors (Lipinski definition) is 1. The monoisotopic (exact) mass is 458 g/mol. The molecule has 1 aliphatic heterocycles. The van der Waals surface area contributed by atoms with Crippen LogP contribution in [0.1, 0.15) is 36.0 Å². The Labute approximate surface area is 186 Å². The van der Waals surface area contributed by atoms with Gasteiger partial charge in [-0.25, -0.2) is 0 Å². The van der Waals surface area contributed by atoms with E-state index >= 15 is 0 Å². The third-order valence-corrected chi connectivity index (χ3v) is 5.74.